The Labute approximate surface area is 156 Å². The van der Waals surface area contributed by atoms with Gasteiger partial charge >= 0.3 is 5.97 Å². The maximum atomic E-state index is 11.7. The number of ether oxygens (including phenoxy) is 1. The van der Waals surface area contributed by atoms with E-state index in [1.54, 1.807) is 6.20 Å². The Morgan fingerprint density at radius 2 is 2.11 bits per heavy atom. The topological polar surface area (TPSA) is 88.4 Å². The van der Waals surface area contributed by atoms with Gasteiger partial charge in [-0.2, -0.15) is 0 Å². The van der Waals surface area contributed by atoms with Crippen LogP contribution in [0.2, 0.25) is 0 Å². The number of aliphatic hydroxyl groups is 1. The Morgan fingerprint density at radius 3 is 2.96 bits per heavy atom. The van der Waals surface area contributed by atoms with Gasteiger partial charge in [0.15, 0.2) is 5.69 Å². The molecular formula is C20H20N4O3. The number of benzene rings is 1. The van der Waals surface area contributed by atoms with Crippen molar-refractivity contribution >= 4 is 22.7 Å². The quantitative estimate of drug-likeness (QED) is 0.707. The van der Waals surface area contributed by atoms with E-state index in [1.165, 1.54) is 18.9 Å². The van der Waals surface area contributed by atoms with Gasteiger partial charge in [0.1, 0.15) is 5.82 Å². The molecule has 7 nitrogen and oxygen atoms in total. The summed E-state index contributed by atoms with van der Waals surface area (Å²) < 4.78 is 4.70. The van der Waals surface area contributed by atoms with Gasteiger partial charge in [0.25, 0.3) is 0 Å². The number of rotatable bonds is 4. The molecule has 1 aliphatic heterocycles. The van der Waals surface area contributed by atoms with Gasteiger partial charge in [-0.15, -0.1) is 0 Å². The molecule has 3 aromatic rings. The molecule has 0 bridgehead atoms. The summed E-state index contributed by atoms with van der Waals surface area (Å²) in [5.41, 5.74) is 2.28. The molecule has 0 saturated carbocycles. The molecule has 7 heteroatoms. The molecule has 0 radical (unpaired) electrons. The van der Waals surface area contributed by atoms with Gasteiger partial charge in [-0.1, -0.05) is 18.2 Å². The minimum absolute atomic E-state index is 0.0550. The first-order valence-corrected chi connectivity index (χ1v) is 8.81. The number of pyridine rings is 1. The molecule has 0 unspecified atom stereocenters. The Bertz CT molecular complexity index is 973. The van der Waals surface area contributed by atoms with E-state index in [-0.39, 0.29) is 11.6 Å². The fourth-order valence-corrected chi connectivity index (χ4v) is 3.57. The fraction of sp³-hybridized carbons (Fsp3) is 0.300. The molecular weight excluding hydrogens is 344 g/mol. The summed E-state index contributed by atoms with van der Waals surface area (Å²) in [4.78, 5) is 26.4. The highest BCUT2D eigenvalue weighted by Crippen LogP contribution is 2.27. The van der Waals surface area contributed by atoms with E-state index in [1.807, 2.05) is 35.4 Å². The number of aromatic nitrogens is 3. The molecule has 2 aromatic heterocycles. The lowest BCUT2D eigenvalue weighted by Gasteiger charge is -2.17. The predicted molar refractivity (Wildman–Crippen MR) is 101 cm³/mol. The van der Waals surface area contributed by atoms with Crippen LogP contribution in [0.4, 0.5) is 5.82 Å². The largest absolute Gasteiger partial charge is 0.464 e. The third kappa shape index (κ3) is 3.46. The zero-order chi connectivity index (χ0) is 18.8. The first kappa shape index (κ1) is 17.4. The fourth-order valence-electron chi connectivity index (χ4n) is 3.57. The van der Waals surface area contributed by atoms with Crippen LogP contribution in [-0.4, -0.2) is 52.3 Å². The van der Waals surface area contributed by atoms with Crippen LogP contribution in [0.25, 0.3) is 10.9 Å². The van der Waals surface area contributed by atoms with Crippen molar-refractivity contribution < 1.29 is 14.6 Å². The van der Waals surface area contributed by atoms with Crippen molar-refractivity contribution in [1.82, 2.24) is 15.0 Å². The zero-order valence-corrected chi connectivity index (χ0v) is 14.9. The second kappa shape index (κ2) is 7.28. The molecule has 1 fully saturated rings. The van der Waals surface area contributed by atoms with Crippen LogP contribution in [-0.2, 0) is 11.2 Å². The molecule has 1 aliphatic rings. The van der Waals surface area contributed by atoms with Crippen LogP contribution in [0, 0.1) is 5.92 Å². The van der Waals surface area contributed by atoms with E-state index in [2.05, 4.69) is 21.0 Å². The van der Waals surface area contributed by atoms with Crippen LogP contribution < -0.4 is 4.90 Å². The van der Waals surface area contributed by atoms with Gasteiger partial charge in [-0.05, 0) is 24.1 Å². The SMILES string of the molecule is COC(=O)c1cncc(N2C[C@@H](Cc3ccnc4ccccc34)[C@H](O)C2)n1. The monoisotopic (exact) mass is 364 g/mol. The van der Waals surface area contributed by atoms with Gasteiger partial charge in [-0.3, -0.25) is 9.97 Å². The number of hydrogen-bond acceptors (Lipinski definition) is 7. The van der Waals surface area contributed by atoms with Crippen LogP contribution in [0.5, 0.6) is 0 Å². The molecule has 1 saturated heterocycles. The minimum Gasteiger partial charge on any atom is -0.464 e. The van der Waals surface area contributed by atoms with Crippen molar-refractivity contribution in [2.24, 2.45) is 5.92 Å². The maximum absolute atomic E-state index is 11.7. The summed E-state index contributed by atoms with van der Waals surface area (Å²) >= 11 is 0. The number of nitrogens with zero attached hydrogens (tertiary/aromatic N) is 4. The third-order valence-corrected chi connectivity index (χ3v) is 4.97. The summed E-state index contributed by atoms with van der Waals surface area (Å²) in [6.45, 7) is 1.09. The number of methoxy groups -OCH3 is 1. The summed E-state index contributed by atoms with van der Waals surface area (Å²) in [5.74, 6) is 0.0994. The van der Waals surface area contributed by atoms with E-state index in [0.717, 1.165) is 17.3 Å². The number of fused-ring (bicyclic) bond motifs is 1. The van der Waals surface area contributed by atoms with Gasteiger partial charge in [-0.25, -0.2) is 9.78 Å². The average molecular weight is 364 g/mol. The van der Waals surface area contributed by atoms with E-state index < -0.39 is 12.1 Å². The first-order chi connectivity index (χ1) is 13.2. The Balaban J connectivity index is 1.54. The van der Waals surface area contributed by atoms with Crippen molar-refractivity contribution in [3.05, 3.63) is 60.2 Å². The number of aliphatic hydroxyl groups excluding tert-OH is 1. The van der Waals surface area contributed by atoms with Crippen molar-refractivity contribution in [2.75, 3.05) is 25.1 Å². The number of para-hydroxylation sites is 1. The molecule has 4 rings (SSSR count). The number of esters is 1. The molecule has 3 heterocycles. The standard InChI is InChI=1S/C20H20N4O3/c1-27-20(26)17-9-21-10-19(23-17)24-11-14(18(25)12-24)8-13-6-7-22-16-5-3-2-4-15(13)16/h2-7,9-10,14,18,25H,8,11-12H2,1H3/t14-,18-/m1/s1. The predicted octanol–water partition coefficient (Wildman–Crippen LogP) is 1.85. The van der Waals surface area contributed by atoms with Crippen molar-refractivity contribution in [2.45, 2.75) is 12.5 Å². The van der Waals surface area contributed by atoms with E-state index in [4.69, 9.17) is 4.74 Å². The highest BCUT2D eigenvalue weighted by Gasteiger charge is 2.32. The summed E-state index contributed by atoms with van der Waals surface area (Å²) in [7, 11) is 1.31. The van der Waals surface area contributed by atoms with E-state index in [9.17, 15) is 9.90 Å². The molecule has 1 aromatic carbocycles. The number of hydrogen-bond donors (Lipinski definition) is 1. The van der Waals surface area contributed by atoms with Crippen molar-refractivity contribution in [3.63, 3.8) is 0 Å². The van der Waals surface area contributed by atoms with E-state index in [0.29, 0.717) is 18.9 Å². The number of carbonyl (C=O) groups excluding carboxylic acids is 1. The average Bonchev–Trinajstić information content (AvgIpc) is 3.08. The molecule has 27 heavy (non-hydrogen) atoms. The van der Waals surface area contributed by atoms with Crippen LogP contribution in [0.1, 0.15) is 16.1 Å². The molecule has 138 valence electrons. The van der Waals surface area contributed by atoms with Crippen LogP contribution >= 0.6 is 0 Å². The molecule has 2 atom stereocenters. The van der Waals surface area contributed by atoms with Gasteiger partial charge in [0, 0.05) is 30.6 Å². The summed E-state index contributed by atoms with van der Waals surface area (Å²) in [5, 5.41) is 11.7. The molecule has 0 spiro atoms. The highest BCUT2D eigenvalue weighted by molar-refractivity contribution is 5.87. The number of carbonyl (C=O) groups is 1. The van der Waals surface area contributed by atoms with Crippen molar-refractivity contribution in [1.29, 1.82) is 0 Å². The Hall–Kier alpha value is -3.06. The van der Waals surface area contributed by atoms with Gasteiger partial charge in [0.05, 0.1) is 31.1 Å². The Morgan fingerprint density at radius 1 is 1.26 bits per heavy atom. The second-order valence-electron chi connectivity index (χ2n) is 6.68. The number of β-amino-alcohol motifs (C(OH)–C–C–N with tert-alkyl or cyclic N) is 1. The van der Waals surface area contributed by atoms with Crippen LogP contribution in [0.15, 0.2) is 48.9 Å². The lowest BCUT2D eigenvalue weighted by atomic mass is 9.94. The summed E-state index contributed by atoms with van der Waals surface area (Å²) in [6.07, 6.45) is 5.04. The zero-order valence-electron chi connectivity index (χ0n) is 14.9. The lowest BCUT2D eigenvalue weighted by molar-refractivity contribution is 0.0593. The van der Waals surface area contributed by atoms with Crippen LogP contribution in [0.3, 0.4) is 0 Å². The van der Waals surface area contributed by atoms with Gasteiger partial charge < -0.3 is 14.7 Å². The molecule has 0 aliphatic carbocycles. The van der Waals surface area contributed by atoms with Gasteiger partial charge in [0.2, 0.25) is 0 Å². The lowest BCUT2D eigenvalue weighted by Crippen LogP contribution is -2.23. The summed E-state index contributed by atoms with van der Waals surface area (Å²) in [6, 6.07) is 10.0. The third-order valence-electron chi connectivity index (χ3n) is 4.97. The van der Waals surface area contributed by atoms with E-state index >= 15 is 0 Å². The molecule has 1 N–H and O–H groups in total. The second-order valence-corrected chi connectivity index (χ2v) is 6.68. The highest BCUT2D eigenvalue weighted by atomic mass is 16.5. The normalized spacial score (nSPS) is 19.4. The number of anilines is 1. The smallest absolute Gasteiger partial charge is 0.358 e. The van der Waals surface area contributed by atoms with Crippen molar-refractivity contribution in [3.8, 4) is 0 Å². The first-order valence-electron chi connectivity index (χ1n) is 8.81. The maximum Gasteiger partial charge on any atom is 0.358 e. The molecule has 0 amide bonds. The Kier molecular flexibility index (Phi) is 4.68. The minimum atomic E-state index is -0.524.